The molecule has 0 fully saturated rings. The first-order valence-corrected chi connectivity index (χ1v) is 12.4. The molecule has 168 valence electrons. The summed E-state index contributed by atoms with van der Waals surface area (Å²) in [5.41, 5.74) is 3.25. The normalized spacial score (nSPS) is 13.0. The van der Waals surface area contributed by atoms with E-state index in [1.807, 2.05) is 0 Å². The lowest BCUT2D eigenvalue weighted by Gasteiger charge is -2.22. The van der Waals surface area contributed by atoms with E-state index in [1.165, 1.54) is 21.8 Å². The third-order valence-electron chi connectivity index (χ3n) is 5.44. The first-order chi connectivity index (χ1) is 14.9. The summed E-state index contributed by atoms with van der Waals surface area (Å²) in [5, 5.41) is 2.95. The minimum absolute atomic E-state index is 0.0509. The average molecular weight is 446 g/mol. The van der Waals surface area contributed by atoms with E-state index in [0.29, 0.717) is 24.4 Å². The van der Waals surface area contributed by atoms with E-state index in [-0.39, 0.29) is 18.9 Å². The SMILES string of the molecule is COc1ccc(N(CCCC(=O)NCCCN2CCc3ccccc32)S(C)(=O)=O)cc1. The molecule has 1 aliphatic rings. The van der Waals surface area contributed by atoms with Crippen LogP contribution in [0.25, 0.3) is 0 Å². The van der Waals surface area contributed by atoms with Crippen LogP contribution in [0.4, 0.5) is 11.4 Å². The van der Waals surface area contributed by atoms with E-state index >= 15 is 0 Å². The van der Waals surface area contributed by atoms with Crippen molar-refractivity contribution in [2.45, 2.75) is 25.7 Å². The standard InChI is InChI=1S/C23H31N3O4S/c1-30-21-12-10-20(11-13-21)26(31(2,28)29)17-5-9-23(27)24-15-6-16-25-18-14-19-7-3-4-8-22(19)25/h3-4,7-8,10-13H,5-6,9,14-18H2,1-2H3,(H,24,27). The van der Waals surface area contributed by atoms with Gasteiger partial charge < -0.3 is 15.0 Å². The topological polar surface area (TPSA) is 79.0 Å². The van der Waals surface area contributed by atoms with Crippen LogP contribution in [0.3, 0.4) is 0 Å². The Hall–Kier alpha value is -2.74. The van der Waals surface area contributed by atoms with Gasteiger partial charge in [-0.3, -0.25) is 9.10 Å². The van der Waals surface area contributed by atoms with Gasteiger partial charge >= 0.3 is 0 Å². The maximum absolute atomic E-state index is 12.2. The molecule has 0 spiro atoms. The second-order valence-corrected chi connectivity index (χ2v) is 9.61. The number of hydrogen-bond donors (Lipinski definition) is 1. The molecule has 31 heavy (non-hydrogen) atoms. The van der Waals surface area contributed by atoms with Crippen LogP contribution in [0.15, 0.2) is 48.5 Å². The molecule has 0 saturated heterocycles. The molecule has 0 bridgehead atoms. The number of benzene rings is 2. The lowest BCUT2D eigenvalue weighted by molar-refractivity contribution is -0.121. The van der Waals surface area contributed by atoms with Crippen LogP contribution in [-0.2, 0) is 21.2 Å². The number of nitrogens with zero attached hydrogens (tertiary/aromatic N) is 2. The highest BCUT2D eigenvalue weighted by Crippen LogP contribution is 2.27. The van der Waals surface area contributed by atoms with Gasteiger partial charge in [0.05, 0.1) is 19.1 Å². The third-order valence-corrected chi connectivity index (χ3v) is 6.63. The fourth-order valence-electron chi connectivity index (χ4n) is 3.84. The first-order valence-electron chi connectivity index (χ1n) is 10.6. The van der Waals surface area contributed by atoms with Gasteiger partial charge in [0.25, 0.3) is 0 Å². The van der Waals surface area contributed by atoms with Crippen LogP contribution in [-0.4, -0.2) is 53.9 Å². The van der Waals surface area contributed by atoms with Gasteiger partial charge in [-0.1, -0.05) is 18.2 Å². The second-order valence-electron chi connectivity index (χ2n) is 7.71. The lowest BCUT2D eigenvalue weighted by atomic mass is 10.2. The van der Waals surface area contributed by atoms with Crippen LogP contribution in [0.1, 0.15) is 24.8 Å². The van der Waals surface area contributed by atoms with Gasteiger partial charge in [0.1, 0.15) is 5.75 Å². The smallest absolute Gasteiger partial charge is 0.232 e. The van der Waals surface area contributed by atoms with Crippen molar-refractivity contribution in [1.29, 1.82) is 0 Å². The summed E-state index contributed by atoms with van der Waals surface area (Å²) in [6.07, 6.45) is 3.86. The monoisotopic (exact) mass is 445 g/mol. The Labute approximate surface area is 185 Å². The maximum Gasteiger partial charge on any atom is 0.232 e. The fourth-order valence-corrected chi connectivity index (χ4v) is 4.81. The summed E-state index contributed by atoms with van der Waals surface area (Å²) < 4.78 is 30.8. The molecule has 8 heteroatoms. The van der Waals surface area contributed by atoms with Gasteiger partial charge in [-0.15, -0.1) is 0 Å². The van der Waals surface area contributed by atoms with E-state index in [4.69, 9.17) is 4.74 Å². The molecule has 0 unspecified atom stereocenters. The highest BCUT2D eigenvalue weighted by molar-refractivity contribution is 7.92. The molecular formula is C23H31N3O4S. The van der Waals surface area contributed by atoms with Gasteiger partial charge in [-0.2, -0.15) is 0 Å². The first kappa shape index (κ1) is 22.9. The zero-order valence-electron chi connectivity index (χ0n) is 18.2. The Balaban J connectivity index is 1.39. The zero-order chi connectivity index (χ0) is 22.3. The van der Waals surface area contributed by atoms with Crippen LogP contribution < -0.4 is 19.3 Å². The van der Waals surface area contributed by atoms with Gasteiger partial charge in [0.15, 0.2) is 0 Å². The van der Waals surface area contributed by atoms with E-state index in [1.54, 1.807) is 31.4 Å². The zero-order valence-corrected chi connectivity index (χ0v) is 19.0. The molecule has 1 aliphatic heterocycles. The predicted molar refractivity (Wildman–Crippen MR) is 124 cm³/mol. The molecule has 0 aromatic heterocycles. The highest BCUT2D eigenvalue weighted by atomic mass is 32.2. The molecule has 0 saturated carbocycles. The lowest BCUT2D eigenvalue weighted by Crippen LogP contribution is -2.32. The Morgan fingerprint density at radius 3 is 2.58 bits per heavy atom. The van der Waals surface area contributed by atoms with E-state index in [0.717, 1.165) is 25.9 Å². The number of fused-ring (bicyclic) bond motifs is 1. The molecule has 1 amide bonds. The number of rotatable bonds is 11. The van der Waals surface area contributed by atoms with Crippen molar-refractivity contribution in [1.82, 2.24) is 5.32 Å². The number of ether oxygens (including phenoxy) is 1. The summed E-state index contributed by atoms with van der Waals surface area (Å²) in [6.45, 7) is 2.81. The summed E-state index contributed by atoms with van der Waals surface area (Å²) >= 11 is 0. The Morgan fingerprint density at radius 2 is 1.87 bits per heavy atom. The number of nitrogens with one attached hydrogen (secondary N) is 1. The molecule has 0 radical (unpaired) electrons. The van der Waals surface area contributed by atoms with E-state index in [2.05, 4.69) is 34.5 Å². The fraction of sp³-hybridized carbons (Fsp3) is 0.435. The van der Waals surface area contributed by atoms with Crippen molar-refractivity contribution in [3.8, 4) is 5.75 Å². The minimum atomic E-state index is -3.43. The minimum Gasteiger partial charge on any atom is -0.497 e. The molecule has 2 aromatic rings. The van der Waals surface area contributed by atoms with E-state index in [9.17, 15) is 13.2 Å². The highest BCUT2D eigenvalue weighted by Gasteiger charge is 2.19. The third kappa shape index (κ3) is 6.37. The average Bonchev–Trinajstić information content (AvgIpc) is 3.17. The Morgan fingerprint density at radius 1 is 1.13 bits per heavy atom. The van der Waals surface area contributed by atoms with Crippen LogP contribution in [0, 0.1) is 0 Å². The number of carbonyl (C=O) groups is 1. The summed E-state index contributed by atoms with van der Waals surface area (Å²) in [4.78, 5) is 14.5. The van der Waals surface area contributed by atoms with Crippen molar-refractivity contribution < 1.29 is 17.9 Å². The van der Waals surface area contributed by atoms with Crippen LogP contribution in [0.5, 0.6) is 5.75 Å². The summed E-state index contributed by atoms with van der Waals surface area (Å²) in [7, 11) is -1.87. The Kier molecular flexibility index (Phi) is 7.79. The molecule has 7 nitrogen and oxygen atoms in total. The molecule has 0 atom stereocenters. The van der Waals surface area contributed by atoms with Gasteiger partial charge in [0.2, 0.25) is 15.9 Å². The van der Waals surface area contributed by atoms with Crippen molar-refractivity contribution >= 4 is 27.3 Å². The molecule has 3 rings (SSSR count). The maximum atomic E-state index is 12.2. The number of amides is 1. The Bertz CT molecular complexity index is 977. The van der Waals surface area contributed by atoms with Crippen molar-refractivity contribution in [2.24, 2.45) is 0 Å². The quantitative estimate of drug-likeness (QED) is 0.538. The molecule has 1 N–H and O–H groups in total. The number of sulfonamides is 1. The number of anilines is 2. The largest absolute Gasteiger partial charge is 0.497 e. The van der Waals surface area contributed by atoms with Gasteiger partial charge in [0, 0.05) is 38.3 Å². The summed E-state index contributed by atoms with van der Waals surface area (Å²) in [6, 6.07) is 15.3. The van der Waals surface area contributed by atoms with E-state index < -0.39 is 10.0 Å². The number of methoxy groups -OCH3 is 1. The number of carbonyl (C=O) groups excluding carboxylic acids is 1. The molecular weight excluding hydrogens is 414 g/mol. The van der Waals surface area contributed by atoms with Crippen molar-refractivity contribution in [3.05, 3.63) is 54.1 Å². The molecule has 1 heterocycles. The number of para-hydroxylation sites is 1. The van der Waals surface area contributed by atoms with Gasteiger partial charge in [-0.05, 0) is 55.2 Å². The predicted octanol–water partition coefficient (Wildman–Crippen LogP) is 2.81. The molecule has 0 aliphatic carbocycles. The second kappa shape index (κ2) is 10.5. The van der Waals surface area contributed by atoms with Gasteiger partial charge in [-0.25, -0.2) is 8.42 Å². The molecule has 2 aromatic carbocycles. The van der Waals surface area contributed by atoms with Crippen molar-refractivity contribution in [3.63, 3.8) is 0 Å². The number of hydrogen-bond acceptors (Lipinski definition) is 5. The van der Waals surface area contributed by atoms with Crippen LogP contribution in [0.2, 0.25) is 0 Å². The van der Waals surface area contributed by atoms with Crippen LogP contribution >= 0.6 is 0 Å². The summed E-state index contributed by atoms with van der Waals surface area (Å²) in [5.74, 6) is 0.610. The van der Waals surface area contributed by atoms with Crippen molar-refractivity contribution in [2.75, 3.05) is 48.7 Å².